The molecule has 0 aromatic carbocycles. The van der Waals surface area contributed by atoms with Crippen LogP contribution < -0.4 is 33.6 Å². The highest BCUT2D eigenvalue weighted by Crippen LogP contribution is 2.35. The van der Waals surface area contributed by atoms with E-state index in [9.17, 15) is 35.7 Å². The van der Waals surface area contributed by atoms with Crippen molar-refractivity contribution in [3.63, 3.8) is 0 Å². The van der Waals surface area contributed by atoms with Gasteiger partial charge in [0.1, 0.15) is 42.7 Å². The monoisotopic (exact) mass is 712 g/mol. The minimum absolute atomic E-state index is 0.0480. The molecule has 4 aliphatic rings. The molecule has 3 aliphatic heterocycles. The van der Waals surface area contributed by atoms with E-state index in [1.165, 1.54) is 0 Å². The first-order valence-electron chi connectivity index (χ1n) is 17.3. The van der Waals surface area contributed by atoms with Crippen LogP contribution in [0.1, 0.15) is 32.6 Å². The minimum Gasteiger partial charge on any atom is -0.394 e. The van der Waals surface area contributed by atoms with Crippen LogP contribution in [-0.2, 0) is 28.4 Å². The Morgan fingerprint density at radius 1 is 0.796 bits per heavy atom. The van der Waals surface area contributed by atoms with Gasteiger partial charge in [-0.15, -0.1) is 0 Å². The first-order chi connectivity index (χ1) is 23.4. The second-order valence-electron chi connectivity index (χ2n) is 13.6. The van der Waals surface area contributed by atoms with Crippen LogP contribution >= 0.6 is 0 Å². The molecule has 0 bridgehead atoms. The highest BCUT2D eigenvalue weighted by molar-refractivity contribution is 5.02. The van der Waals surface area contributed by atoms with Crippen LogP contribution in [0.15, 0.2) is 0 Å². The van der Waals surface area contributed by atoms with E-state index < -0.39 is 117 Å². The maximum Gasteiger partial charge on any atom is 0.187 e. The molecule has 4 rings (SSSR count). The molecule has 288 valence electrons. The maximum absolute atomic E-state index is 11.6. The molecule has 0 aromatic rings. The lowest BCUT2D eigenvalue weighted by atomic mass is 9.83. The molecule has 3 saturated heterocycles. The number of nitrogens with one attached hydrogen (secondary N) is 2. The molecule has 1 saturated carbocycles. The van der Waals surface area contributed by atoms with Crippen molar-refractivity contribution >= 4 is 0 Å². The average molecular weight is 713 g/mol. The summed E-state index contributed by atoms with van der Waals surface area (Å²) in [6.07, 6.45) is -13.3. The van der Waals surface area contributed by atoms with E-state index >= 15 is 0 Å². The summed E-state index contributed by atoms with van der Waals surface area (Å²) >= 11 is 0. The smallest absolute Gasteiger partial charge is 0.187 e. The van der Waals surface area contributed by atoms with Gasteiger partial charge in [0.05, 0.1) is 43.7 Å². The Morgan fingerprint density at radius 2 is 1.49 bits per heavy atom. The second kappa shape index (κ2) is 19.4. The Labute approximate surface area is 286 Å². The molecule has 17 N–H and O–H groups in total. The van der Waals surface area contributed by atoms with E-state index in [1.54, 1.807) is 6.92 Å². The van der Waals surface area contributed by atoms with Crippen LogP contribution in [0.5, 0.6) is 0 Å². The fourth-order valence-electron chi connectivity index (χ4n) is 6.79. The highest BCUT2D eigenvalue weighted by atomic mass is 16.8. The molecule has 3 heterocycles. The summed E-state index contributed by atoms with van der Waals surface area (Å²) in [7, 11) is 0. The van der Waals surface area contributed by atoms with E-state index in [2.05, 4.69) is 10.6 Å². The lowest BCUT2D eigenvalue weighted by molar-refractivity contribution is -0.297. The number of ether oxygens (including phenoxy) is 6. The number of aliphatic hydroxyl groups is 7. The van der Waals surface area contributed by atoms with Gasteiger partial charge < -0.3 is 97.7 Å². The topological polar surface area (TPSA) is 325 Å². The summed E-state index contributed by atoms with van der Waals surface area (Å²) in [5, 5.41) is 79.5. The van der Waals surface area contributed by atoms with Crippen LogP contribution in [0.25, 0.3) is 0 Å². The Hall–Kier alpha value is -0.760. The van der Waals surface area contributed by atoms with Gasteiger partial charge in [-0.1, -0.05) is 6.92 Å². The average Bonchev–Trinajstić information content (AvgIpc) is 3.39. The molecular weight excluding hydrogens is 652 g/mol. The highest BCUT2D eigenvalue weighted by Gasteiger charge is 2.53. The van der Waals surface area contributed by atoms with Crippen LogP contribution in [-0.4, -0.2) is 186 Å². The largest absolute Gasteiger partial charge is 0.394 e. The van der Waals surface area contributed by atoms with Crippen LogP contribution in [0, 0.1) is 5.92 Å². The van der Waals surface area contributed by atoms with Crippen molar-refractivity contribution in [3.05, 3.63) is 0 Å². The fourth-order valence-corrected chi connectivity index (χ4v) is 6.79. The fraction of sp³-hybridized carbons (Fsp3) is 1.00. The zero-order valence-electron chi connectivity index (χ0n) is 28.1. The van der Waals surface area contributed by atoms with Crippen molar-refractivity contribution in [2.45, 2.75) is 137 Å². The SMILES string of the molecule is C[C@H]1[C@@H](O[C@H]2[C@@H](O)[C@H](O[C@@H]3[C@@H](O)[C@H](NCC(O)CO)C[C@H](N)[C@H]3O[C@H]3O[C@H](CNCCCN)CC[C@H]3N)O[C@@H]2CO)O[C@@H](CN)[C@@H](O)[C@@H]1O. The van der Waals surface area contributed by atoms with Crippen molar-refractivity contribution in [2.75, 3.05) is 45.9 Å². The quantitative estimate of drug-likeness (QED) is 0.0623. The first-order valence-corrected chi connectivity index (χ1v) is 17.3. The molecule has 1 unspecified atom stereocenters. The van der Waals surface area contributed by atoms with E-state index in [0.29, 0.717) is 25.9 Å². The number of hydrogen-bond acceptors (Lipinski definition) is 19. The zero-order chi connectivity index (χ0) is 35.8. The van der Waals surface area contributed by atoms with Gasteiger partial charge in [0.15, 0.2) is 18.9 Å². The van der Waals surface area contributed by atoms with Crippen molar-refractivity contribution < 1.29 is 64.2 Å². The Bertz CT molecular complexity index is 966. The van der Waals surface area contributed by atoms with Gasteiger partial charge >= 0.3 is 0 Å². The molecule has 0 spiro atoms. The molecule has 0 aromatic heterocycles. The zero-order valence-corrected chi connectivity index (χ0v) is 28.1. The first kappa shape index (κ1) is 41.0. The van der Waals surface area contributed by atoms with Crippen LogP contribution in [0.2, 0.25) is 0 Å². The Balaban J connectivity index is 1.50. The number of nitrogens with two attached hydrogens (primary N) is 4. The molecule has 19 heteroatoms. The third-order valence-corrected chi connectivity index (χ3v) is 9.86. The lowest BCUT2D eigenvalue weighted by Gasteiger charge is -2.47. The van der Waals surface area contributed by atoms with Crippen LogP contribution in [0.3, 0.4) is 0 Å². The standard InChI is InChI=1S/C30H60N6O13/c1-13-21(40)23(42)19(8-32)45-28(13)48-26-20(12-38)46-30(24(26)43)49-27-22(41)18(36-9-14(39)11-37)7-17(34)25(27)47-29-16(33)4-3-15(44-29)10-35-6-2-5-31/h13-30,35-43H,2-12,31-34H2,1H3/t13-,14?,15+,16-,17+,18-,19+,20-,21-,22+,23-,24-,25-,26-,27-,28-,29-,30+/m1/s1. The minimum atomic E-state index is -1.53. The third-order valence-electron chi connectivity index (χ3n) is 9.86. The third kappa shape index (κ3) is 10.2. The molecule has 0 radical (unpaired) electrons. The van der Waals surface area contributed by atoms with E-state index in [1.807, 2.05) is 0 Å². The summed E-state index contributed by atoms with van der Waals surface area (Å²) in [5.74, 6) is -0.735. The van der Waals surface area contributed by atoms with Gasteiger partial charge in [-0.2, -0.15) is 0 Å². The predicted octanol–water partition coefficient (Wildman–Crippen LogP) is -6.56. The van der Waals surface area contributed by atoms with Crippen molar-refractivity contribution in [2.24, 2.45) is 28.9 Å². The van der Waals surface area contributed by atoms with Crippen molar-refractivity contribution in [1.29, 1.82) is 0 Å². The second-order valence-corrected chi connectivity index (χ2v) is 13.6. The molecular formula is C30H60N6O13. The molecule has 49 heavy (non-hydrogen) atoms. The van der Waals surface area contributed by atoms with Gasteiger partial charge in [0.2, 0.25) is 0 Å². The van der Waals surface area contributed by atoms with Crippen molar-refractivity contribution in [1.82, 2.24) is 10.6 Å². The van der Waals surface area contributed by atoms with Crippen LogP contribution in [0.4, 0.5) is 0 Å². The van der Waals surface area contributed by atoms with Crippen molar-refractivity contribution in [3.8, 4) is 0 Å². The maximum atomic E-state index is 11.6. The van der Waals surface area contributed by atoms with Gasteiger partial charge in [0.25, 0.3) is 0 Å². The molecule has 18 atom stereocenters. The number of rotatable bonds is 17. The summed E-state index contributed by atoms with van der Waals surface area (Å²) in [4.78, 5) is 0. The summed E-state index contributed by atoms with van der Waals surface area (Å²) in [5.41, 5.74) is 24.3. The van der Waals surface area contributed by atoms with E-state index in [-0.39, 0.29) is 25.6 Å². The lowest BCUT2D eigenvalue weighted by Crippen LogP contribution is -2.66. The van der Waals surface area contributed by atoms with Gasteiger partial charge in [-0.05, 0) is 38.8 Å². The van der Waals surface area contributed by atoms with Gasteiger partial charge in [0, 0.05) is 37.6 Å². The van der Waals surface area contributed by atoms with E-state index in [0.717, 1.165) is 13.0 Å². The molecule has 0 amide bonds. The number of hydrogen-bond donors (Lipinski definition) is 13. The summed E-state index contributed by atoms with van der Waals surface area (Å²) in [6, 6.07) is -1.99. The van der Waals surface area contributed by atoms with Gasteiger partial charge in [-0.25, -0.2) is 0 Å². The summed E-state index contributed by atoms with van der Waals surface area (Å²) < 4.78 is 36.5. The molecule has 4 fully saturated rings. The predicted molar refractivity (Wildman–Crippen MR) is 171 cm³/mol. The Kier molecular flexibility index (Phi) is 16.2. The Morgan fingerprint density at radius 3 is 2.16 bits per heavy atom. The normalized spacial score (nSPS) is 45.4. The van der Waals surface area contributed by atoms with Gasteiger partial charge in [-0.3, -0.25) is 0 Å². The summed E-state index contributed by atoms with van der Waals surface area (Å²) in [6.45, 7) is 2.21. The number of aliphatic hydroxyl groups excluding tert-OH is 7. The molecule has 1 aliphatic carbocycles. The molecule has 19 nitrogen and oxygen atoms in total. The van der Waals surface area contributed by atoms with E-state index in [4.69, 9.17) is 51.4 Å².